The van der Waals surface area contributed by atoms with Crippen LogP contribution in [0.1, 0.15) is 0 Å². The number of nitrogens with zero attached hydrogens (tertiary/aromatic N) is 3. The summed E-state index contributed by atoms with van der Waals surface area (Å²) >= 11 is 5.57. The van der Waals surface area contributed by atoms with Crippen molar-refractivity contribution in [1.29, 1.82) is 0 Å². The molecule has 0 N–H and O–H groups in total. The molecule has 0 spiro atoms. The molecule has 0 saturated carbocycles. The van der Waals surface area contributed by atoms with Gasteiger partial charge in [0, 0.05) is 82.8 Å². The van der Waals surface area contributed by atoms with Crippen LogP contribution in [0.4, 0.5) is 0 Å². The summed E-state index contributed by atoms with van der Waals surface area (Å²) in [6, 6.07) is 63.0. The number of benzene rings is 8. The fourth-order valence-corrected chi connectivity index (χ4v) is 11.9. The van der Waals surface area contributed by atoms with E-state index < -0.39 is 0 Å². The van der Waals surface area contributed by atoms with Gasteiger partial charge in [0.05, 0.1) is 0 Å². The second-order valence-electron chi connectivity index (χ2n) is 14.3. The number of fused-ring (bicyclic) bond motifs is 9. The van der Waals surface area contributed by atoms with Gasteiger partial charge in [0.25, 0.3) is 0 Å². The molecule has 6 heteroatoms. The largest absolute Gasteiger partial charge is 0.208 e. The molecule has 0 aliphatic rings. The van der Waals surface area contributed by atoms with Crippen LogP contribution < -0.4 is 0 Å². The van der Waals surface area contributed by atoms with Gasteiger partial charge in [-0.15, -0.1) is 34.0 Å². The van der Waals surface area contributed by atoms with E-state index in [0.29, 0.717) is 17.5 Å². The van der Waals surface area contributed by atoms with E-state index in [-0.39, 0.29) is 0 Å². The first-order valence-electron chi connectivity index (χ1n) is 18.9. The Balaban J connectivity index is 1.07. The summed E-state index contributed by atoms with van der Waals surface area (Å²) in [5.41, 5.74) is 7.94. The van der Waals surface area contributed by atoms with Crippen LogP contribution >= 0.6 is 34.0 Å². The van der Waals surface area contributed by atoms with E-state index in [4.69, 9.17) is 15.0 Å². The van der Waals surface area contributed by atoms with Gasteiger partial charge in [-0.1, -0.05) is 140 Å². The van der Waals surface area contributed by atoms with E-state index in [9.17, 15) is 0 Å². The van der Waals surface area contributed by atoms with Crippen LogP contribution in [0, 0.1) is 0 Å². The van der Waals surface area contributed by atoms with Gasteiger partial charge in [-0.05, 0) is 53.1 Å². The third-order valence-electron chi connectivity index (χ3n) is 11.0. The maximum atomic E-state index is 5.12. The van der Waals surface area contributed by atoms with Gasteiger partial charge in [0.1, 0.15) is 0 Å². The molecule has 0 aliphatic carbocycles. The molecular formula is C51H29N3S3. The third-order valence-corrected chi connectivity index (χ3v) is 14.5. The van der Waals surface area contributed by atoms with Crippen LogP contribution in [0.5, 0.6) is 0 Å². The van der Waals surface area contributed by atoms with E-state index in [1.807, 2.05) is 70.4 Å². The average Bonchev–Trinajstić information content (AvgIpc) is 3.98. The molecule has 0 radical (unpaired) electrons. The Hall–Kier alpha value is -6.57. The standard InChI is InChI=1S/C51H29N3S3/c1-3-13-30(14-4-1)49-52-50(31-15-5-2-6-16-31)54-51(53-49)39-21-11-20-38-45-35(19-12-24-44(45)57-47(38)39)36-27-26-33(46-37-18-8-10-23-42(37)56-48(36)46)32-25-28-43-40(29-32)34-17-7-9-22-41(34)55-43/h1-29H. The van der Waals surface area contributed by atoms with E-state index in [0.717, 1.165) is 16.7 Å². The van der Waals surface area contributed by atoms with Crippen molar-refractivity contribution in [2.24, 2.45) is 0 Å². The summed E-state index contributed by atoms with van der Waals surface area (Å²) in [7, 11) is 0. The van der Waals surface area contributed by atoms with E-state index in [1.165, 1.54) is 82.8 Å². The summed E-state index contributed by atoms with van der Waals surface area (Å²) < 4.78 is 7.67. The minimum Gasteiger partial charge on any atom is -0.208 e. The number of rotatable bonds is 5. The summed E-state index contributed by atoms with van der Waals surface area (Å²) in [4.78, 5) is 15.2. The molecule has 4 heterocycles. The van der Waals surface area contributed by atoms with Crippen molar-refractivity contribution in [3.63, 3.8) is 0 Å². The highest BCUT2D eigenvalue weighted by molar-refractivity contribution is 7.27. The van der Waals surface area contributed by atoms with Crippen molar-refractivity contribution in [3.05, 3.63) is 176 Å². The predicted octanol–water partition coefficient (Wildman–Crippen LogP) is 15.3. The smallest absolute Gasteiger partial charge is 0.165 e. The first-order valence-corrected chi connectivity index (χ1v) is 21.4. The summed E-state index contributed by atoms with van der Waals surface area (Å²) in [5, 5.41) is 7.73. The molecule has 8 aromatic carbocycles. The maximum Gasteiger partial charge on any atom is 0.165 e. The number of aromatic nitrogens is 3. The number of thiophene rings is 3. The van der Waals surface area contributed by atoms with Gasteiger partial charge < -0.3 is 0 Å². The fourth-order valence-electron chi connectivity index (χ4n) is 8.35. The molecule has 0 aliphatic heterocycles. The second kappa shape index (κ2) is 13.0. The molecule has 4 aromatic heterocycles. The monoisotopic (exact) mass is 779 g/mol. The lowest BCUT2D eigenvalue weighted by Crippen LogP contribution is -2.00. The van der Waals surface area contributed by atoms with Gasteiger partial charge in [-0.25, -0.2) is 15.0 Å². The highest BCUT2D eigenvalue weighted by atomic mass is 32.1. The Morgan fingerprint density at radius 1 is 0.281 bits per heavy atom. The molecule has 3 nitrogen and oxygen atoms in total. The molecule has 266 valence electrons. The van der Waals surface area contributed by atoms with Crippen LogP contribution in [0.15, 0.2) is 176 Å². The lowest BCUT2D eigenvalue weighted by Gasteiger charge is -2.11. The van der Waals surface area contributed by atoms with Crippen LogP contribution in [0.3, 0.4) is 0 Å². The minimum absolute atomic E-state index is 0.664. The normalized spacial score (nSPS) is 11.9. The van der Waals surface area contributed by atoms with Gasteiger partial charge in [-0.3, -0.25) is 0 Å². The third kappa shape index (κ3) is 5.26. The molecule has 12 aromatic rings. The molecule has 12 rings (SSSR count). The highest BCUT2D eigenvalue weighted by Gasteiger charge is 2.21. The van der Waals surface area contributed by atoms with Crippen molar-refractivity contribution >= 4 is 94.5 Å². The molecule has 0 bridgehead atoms. The predicted molar refractivity (Wildman–Crippen MR) is 246 cm³/mol. The van der Waals surface area contributed by atoms with Crippen LogP contribution in [0.25, 0.3) is 117 Å². The Labute approximate surface area is 339 Å². The lowest BCUT2D eigenvalue weighted by atomic mass is 9.92. The molecular weight excluding hydrogens is 751 g/mol. The van der Waals surface area contributed by atoms with Gasteiger partial charge in [0.15, 0.2) is 17.5 Å². The zero-order valence-corrected chi connectivity index (χ0v) is 32.8. The molecule has 0 atom stereocenters. The van der Waals surface area contributed by atoms with Crippen LogP contribution in [-0.4, -0.2) is 15.0 Å². The minimum atomic E-state index is 0.664. The van der Waals surface area contributed by atoms with Crippen molar-refractivity contribution < 1.29 is 0 Å². The quantitative estimate of drug-likeness (QED) is 0.175. The fraction of sp³-hybridized carbons (Fsp3) is 0. The molecule has 0 saturated heterocycles. The number of hydrogen-bond donors (Lipinski definition) is 0. The summed E-state index contributed by atoms with van der Waals surface area (Å²) in [6.07, 6.45) is 0. The average molecular weight is 780 g/mol. The zero-order valence-electron chi connectivity index (χ0n) is 30.3. The van der Waals surface area contributed by atoms with E-state index in [2.05, 4.69) is 140 Å². The van der Waals surface area contributed by atoms with Crippen LogP contribution in [-0.2, 0) is 0 Å². The topological polar surface area (TPSA) is 38.7 Å². The molecule has 57 heavy (non-hydrogen) atoms. The van der Waals surface area contributed by atoms with Gasteiger partial charge >= 0.3 is 0 Å². The van der Waals surface area contributed by atoms with Crippen molar-refractivity contribution in [2.75, 3.05) is 0 Å². The molecule has 0 fully saturated rings. The first-order chi connectivity index (χ1) is 28.2. The van der Waals surface area contributed by atoms with Crippen molar-refractivity contribution in [1.82, 2.24) is 15.0 Å². The lowest BCUT2D eigenvalue weighted by molar-refractivity contribution is 1.08. The van der Waals surface area contributed by atoms with Gasteiger partial charge in [-0.2, -0.15) is 0 Å². The Morgan fingerprint density at radius 3 is 1.61 bits per heavy atom. The van der Waals surface area contributed by atoms with Gasteiger partial charge in [0.2, 0.25) is 0 Å². The maximum absolute atomic E-state index is 5.12. The Kier molecular flexibility index (Phi) is 7.45. The van der Waals surface area contributed by atoms with Crippen molar-refractivity contribution in [2.45, 2.75) is 0 Å². The summed E-state index contributed by atoms with van der Waals surface area (Å²) in [5.74, 6) is 2.00. The number of hydrogen-bond acceptors (Lipinski definition) is 6. The first kappa shape index (κ1) is 32.7. The SMILES string of the molecule is c1ccc(-c2nc(-c3ccccc3)nc(-c3cccc4c3sc3cccc(-c5ccc(-c6ccc7sc8ccccc8c7c6)c6c5sc5ccccc56)c34)n2)cc1. The molecule has 0 unspecified atom stereocenters. The van der Waals surface area contributed by atoms with E-state index >= 15 is 0 Å². The van der Waals surface area contributed by atoms with Crippen molar-refractivity contribution in [3.8, 4) is 56.4 Å². The van der Waals surface area contributed by atoms with E-state index in [1.54, 1.807) is 0 Å². The van der Waals surface area contributed by atoms with Crippen LogP contribution in [0.2, 0.25) is 0 Å². The second-order valence-corrected chi connectivity index (χ2v) is 17.5. The highest BCUT2D eigenvalue weighted by Crippen LogP contribution is 2.49. The zero-order chi connectivity index (χ0) is 37.5. The Bertz CT molecular complexity index is 3470. The summed E-state index contributed by atoms with van der Waals surface area (Å²) in [6.45, 7) is 0. The Morgan fingerprint density at radius 2 is 0.842 bits per heavy atom. The molecule has 0 amide bonds.